The summed E-state index contributed by atoms with van der Waals surface area (Å²) in [4.78, 5) is 15.3. The first-order valence-corrected chi connectivity index (χ1v) is 6.57. The topological polar surface area (TPSA) is 48.4 Å². The molecule has 1 aromatic heterocycles. The first-order chi connectivity index (χ1) is 8.30. The van der Waals surface area contributed by atoms with E-state index >= 15 is 0 Å². The lowest BCUT2D eigenvalue weighted by Crippen LogP contribution is -2.21. The van der Waals surface area contributed by atoms with Crippen molar-refractivity contribution in [1.29, 1.82) is 0 Å². The molecule has 0 amide bonds. The van der Waals surface area contributed by atoms with Gasteiger partial charge in [-0.3, -0.25) is 0 Å². The van der Waals surface area contributed by atoms with Crippen molar-refractivity contribution in [3.8, 4) is 5.75 Å². The minimum absolute atomic E-state index is 0.0618. The first-order valence-electron chi connectivity index (χ1n) is 4.37. The van der Waals surface area contributed by atoms with Crippen LogP contribution in [0, 0.1) is 3.70 Å². The van der Waals surface area contributed by atoms with Gasteiger partial charge in [-0.15, -0.1) is 13.2 Å². The van der Waals surface area contributed by atoms with Crippen molar-refractivity contribution in [3.63, 3.8) is 0 Å². The summed E-state index contributed by atoms with van der Waals surface area (Å²) in [5, 5.41) is 0.0618. The minimum Gasteiger partial charge on any atom is -0.465 e. The largest absolute Gasteiger partial charge is 0.573 e. The Morgan fingerprint density at radius 3 is 2.61 bits per heavy atom. The van der Waals surface area contributed by atoms with E-state index in [0.29, 0.717) is 0 Å². The van der Waals surface area contributed by atoms with E-state index in [4.69, 9.17) is 0 Å². The van der Waals surface area contributed by atoms with Crippen molar-refractivity contribution in [1.82, 2.24) is 4.98 Å². The van der Waals surface area contributed by atoms with E-state index in [1.54, 1.807) is 22.6 Å². The fourth-order valence-electron chi connectivity index (χ4n) is 1.12. The molecule has 0 saturated carbocycles. The Kier molecular flexibility index (Phi) is 5.20. The van der Waals surface area contributed by atoms with E-state index in [9.17, 15) is 18.0 Å². The predicted octanol–water partition coefficient (Wildman–Crippen LogP) is 3.27. The summed E-state index contributed by atoms with van der Waals surface area (Å²) in [6.45, 7) is 0. The quantitative estimate of drug-likeness (QED) is 0.314. The zero-order valence-electron chi connectivity index (χ0n) is 8.85. The van der Waals surface area contributed by atoms with Gasteiger partial charge in [-0.05, 0) is 22.6 Å². The van der Waals surface area contributed by atoms with Crippen molar-refractivity contribution in [2.75, 3.05) is 7.11 Å². The smallest absolute Gasteiger partial charge is 0.465 e. The number of nitrogens with zero attached hydrogens (tertiary/aromatic N) is 1. The number of rotatable bonds is 3. The molecule has 100 valence electrons. The molecule has 0 saturated heterocycles. The van der Waals surface area contributed by atoms with Gasteiger partial charge < -0.3 is 9.47 Å². The molecule has 0 N–H and O–H groups in total. The second-order valence-electron chi connectivity index (χ2n) is 2.95. The van der Waals surface area contributed by atoms with Gasteiger partial charge in [0.2, 0.25) is 0 Å². The molecule has 1 rings (SSSR count). The van der Waals surface area contributed by atoms with Crippen LogP contribution in [0.2, 0.25) is 0 Å². The Balaban J connectivity index is 3.41. The van der Waals surface area contributed by atoms with Gasteiger partial charge in [-0.25, -0.2) is 9.78 Å². The highest BCUT2D eigenvalue weighted by Gasteiger charge is 2.35. The maximum Gasteiger partial charge on any atom is 0.573 e. The maximum absolute atomic E-state index is 12.3. The van der Waals surface area contributed by atoms with Crippen molar-refractivity contribution in [3.05, 3.63) is 21.0 Å². The van der Waals surface area contributed by atoms with Crippen molar-refractivity contribution < 1.29 is 27.4 Å². The standard InChI is InChI=1S/C9H6BrF3INO3/c1-17-8(16)5-6(18-9(11,12)13)4(2-10)3-15-7(5)14/h3H,2H2,1H3. The minimum atomic E-state index is -4.90. The van der Waals surface area contributed by atoms with Crippen molar-refractivity contribution in [2.24, 2.45) is 0 Å². The number of esters is 1. The average Bonchev–Trinajstić information content (AvgIpc) is 2.27. The summed E-state index contributed by atoms with van der Waals surface area (Å²) in [5.41, 5.74) is -0.236. The van der Waals surface area contributed by atoms with Gasteiger partial charge in [0.25, 0.3) is 0 Å². The SMILES string of the molecule is COC(=O)c1c(I)ncc(CBr)c1OC(F)(F)F. The number of carbonyl (C=O) groups excluding carboxylic acids is 1. The summed E-state index contributed by atoms with van der Waals surface area (Å²) in [6.07, 6.45) is -3.70. The molecule has 0 aromatic carbocycles. The lowest BCUT2D eigenvalue weighted by molar-refractivity contribution is -0.275. The number of pyridine rings is 1. The molecule has 0 spiro atoms. The van der Waals surface area contributed by atoms with Crippen LogP contribution in [-0.4, -0.2) is 24.4 Å². The van der Waals surface area contributed by atoms with Crippen LogP contribution in [0.5, 0.6) is 5.75 Å². The Morgan fingerprint density at radius 2 is 2.17 bits per heavy atom. The number of hydrogen-bond acceptors (Lipinski definition) is 4. The number of halogens is 5. The Labute approximate surface area is 122 Å². The van der Waals surface area contributed by atoms with Crippen LogP contribution in [0.15, 0.2) is 6.20 Å². The first kappa shape index (κ1) is 15.5. The van der Waals surface area contributed by atoms with Gasteiger partial charge in [-0.1, -0.05) is 15.9 Å². The molecule has 0 bridgehead atoms. The third-order valence-electron chi connectivity index (χ3n) is 1.81. The lowest BCUT2D eigenvalue weighted by atomic mass is 10.2. The number of hydrogen-bond donors (Lipinski definition) is 0. The van der Waals surface area contributed by atoms with Crippen LogP contribution < -0.4 is 4.74 Å². The van der Waals surface area contributed by atoms with Gasteiger partial charge >= 0.3 is 12.3 Å². The number of carbonyl (C=O) groups is 1. The fourth-order valence-corrected chi connectivity index (χ4v) is 2.12. The molecule has 0 aliphatic carbocycles. The van der Waals surface area contributed by atoms with Crippen molar-refractivity contribution in [2.45, 2.75) is 11.7 Å². The summed E-state index contributed by atoms with van der Waals surface area (Å²) in [5.74, 6) is -1.53. The highest BCUT2D eigenvalue weighted by Crippen LogP contribution is 2.33. The second kappa shape index (κ2) is 6.04. The molecule has 0 unspecified atom stereocenters. The fraction of sp³-hybridized carbons (Fsp3) is 0.333. The molecule has 0 aliphatic rings. The third-order valence-corrected chi connectivity index (χ3v) is 3.23. The molecule has 1 heterocycles. The Morgan fingerprint density at radius 1 is 1.56 bits per heavy atom. The molecule has 0 fully saturated rings. The van der Waals surface area contributed by atoms with Crippen molar-refractivity contribution >= 4 is 44.5 Å². The van der Waals surface area contributed by atoms with E-state index < -0.39 is 18.1 Å². The molecular formula is C9H6BrF3INO3. The molecule has 0 radical (unpaired) electrons. The summed E-state index contributed by atoms with van der Waals surface area (Å²) in [6, 6.07) is 0. The second-order valence-corrected chi connectivity index (χ2v) is 4.53. The van der Waals surface area contributed by atoms with E-state index in [1.807, 2.05) is 0 Å². The molecule has 18 heavy (non-hydrogen) atoms. The molecule has 4 nitrogen and oxygen atoms in total. The van der Waals surface area contributed by atoms with Crippen LogP contribution >= 0.6 is 38.5 Å². The van der Waals surface area contributed by atoms with Gasteiger partial charge in [0, 0.05) is 17.1 Å². The van der Waals surface area contributed by atoms with Crippen LogP contribution in [0.1, 0.15) is 15.9 Å². The van der Waals surface area contributed by atoms with E-state index in [1.165, 1.54) is 6.20 Å². The number of alkyl halides is 4. The molecule has 1 aromatic rings. The zero-order chi connectivity index (χ0) is 13.9. The van der Waals surface area contributed by atoms with E-state index in [0.717, 1.165) is 7.11 Å². The summed E-state index contributed by atoms with van der Waals surface area (Å²) < 4.78 is 45.4. The van der Waals surface area contributed by atoms with Crippen LogP contribution in [0.3, 0.4) is 0 Å². The van der Waals surface area contributed by atoms with Gasteiger partial charge in [-0.2, -0.15) is 0 Å². The van der Waals surface area contributed by atoms with Crippen LogP contribution in [0.25, 0.3) is 0 Å². The van der Waals surface area contributed by atoms with E-state index in [-0.39, 0.29) is 20.2 Å². The van der Waals surface area contributed by atoms with Crippen LogP contribution in [0.4, 0.5) is 13.2 Å². The van der Waals surface area contributed by atoms with Gasteiger partial charge in [0.05, 0.1) is 7.11 Å². The van der Waals surface area contributed by atoms with Gasteiger partial charge in [0.15, 0.2) is 5.75 Å². The monoisotopic (exact) mass is 439 g/mol. The Hall–Kier alpha value is -0.580. The average molecular weight is 440 g/mol. The number of methoxy groups -OCH3 is 1. The zero-order valence-corrected chi connectivity index (χ0v) is 12.6. The highest BCUT2D eigenvalue weighted by atomic mass is 127. The van der Waals surface area contributed by atoms with E-state index in [2.05, 4.69) is 30.4 Å². The molecule has 9 heteroatoms. The summed E-state index contributed by atoms with van der Waals surface area (Å²) >= 11 is 4.64. The molecule has 0 atom stereocenters. The molecule has 0 aliphatic heterocycles. The molecular weight excluding hydrogens is 434 g/mol. The van der Waals surface area contributed by atoms with Gasteiger partial charge in [0.1, 0.15) is 9.26 Å². The normalized spacial score (nSPS) is 11.2. The summed E-state index contributed by atoms with van der Waals surface area (Å²) in [7, 11) is 1.07. The Bertz CT molecular complexity index is 467. The van der Waals surface area contributed by atoms with Crippen LogP contribution in [-0.2, 0) is 10.1 Å². The number of aromatic nitrogens is 1. The third kappa shape index (κ3) is 3.70. The maximum atomic E-state index is 12.3. The lowest BCUT2D eigenvalue weighted by Gasteiger charge is -2.15. The predicted molar refractivity (Wildman–Crippen MR) is 67.6 cm³/mol. The number of ether oxygens (including phenoxy) is 2. The highest BCUT2D eigenvalue weighted by molar-refractivity contribution is 14.1.